The Bertz CT molecular complexity index is 677. The highest BCUT2D eigenvalue weighted by atomic mass is 35.5. The molecule has 0 aliphatic carbocycles. The quantitative estimate of drug-likeness (QED) is 0.684. The van der Waals surface area contributed by atoms with Gasteiger partial charge in [0, 0.05) is 5.69 Å². The summed E-state index contributed by atoms with van der Waals surface area (Å²) >= 11 is 6.08. The molecule has 5 heteroatoms. The van der Waals surface area contributed by atoms with Gasteiger partial charge in [-0.3, -0.25) is 0 Å². The first-order valence-electron chi connectivity index (χ1n) is 5.32. The predicted octanol–water partition coefficient (Wildman–Crippen LogP) is 4.01. The van der Waals surface area contributed by atoms with Crippen molar-refractivity contribution in [2.24, 2.45) is 0 Å². The molecular formula is C13H11Cl2N3. The van der Waals surface area contributed by atoms with Gasteiger partial charge in [0.15, 0.2) is 5.15 Å². The van der Waals surface area contributed by atoms with Crippen molar-refractivity contribution in [2.75, 3.05) is 0 Å². The van der Waals surface area contributed by atoms with Gasteiger partial charge in [0.2, 0.25) is 0 Å². The van der Waals surface area contributed by atoms with Crippen LogP contribution in [0.5, 0.6) is 0 Å². The lowest BCUT2D eigenvalue weighted by atomic mass is 10.2. The van der Waals surface area contributed by atoms with Crippen LogP contribution >= 0.6 is 24.0 Å². The highest BCUT2D eigenvalue weighted by molar-refractivity contribution is 6.33. The van der Waals surface area contributed by atoms with Gasteiger partial charge in [-0.25, -0.2) is 9.97 Å². The van der Waals surface area contributed by atoms with E-state index in [0.717, 1.165) is 22.3 Å². The van der Waals surface area contributed by atoms with Crippen LogP contribution in [0.3, 0.4) is 0 Å². The van der Waals surface area contributed by atoms with E-state index in [1.165, 1.54) is 0 Å². The highest BCUT2D eigenvalue weighted by Gasteiger charge is 2.08. The predicted molar refractivity (Wildman–Crippen MR) is 76.3 cm³/mol. The third-order valence-electron chi connectivity index (χ3n) is 2.63. The molecule has 0 aliphatic rings. The first-order valence-corrected chi connectivity index (χ1v) is 5.70. The smallest absolute Gasteiger partial charge is 0.156 e. The largest absolute Gasteiger partial charge is 0.351 e. The van der Waals surface area contributed by atoms with Crippen LogP contribution in [-0.2, 0) is 0 Å². The molecule has 0 fully saturated rings. The molecule has 0 saturated carbocycles. The Morgan fingerprint density at radius 2 is 1.83 bits per heavy atom. The molecule has 92 valence electrons. The summed E-state index contributed by atoms with van der Waals surface area (Å²) in [5, 5.41) is 0.467. The summed E-state index contributed by atoms with van der Waals surface area (Å²) in [6.45, 7) is 1.83. The zero-order valence-electron chi connectivity index (χ0n) is 9.64. The molecule has 3 rings (SSSR count). The summed E-state index contributed by atoms with van der Waals surface area (Å²) in [5.41, 5.74) is 3.75. The maximum Gasteiger partial charge on any atom is 0.156 e. The highest BCUT2D eigenvalue weighted by Crippen LogP contribution is 2.26. The van der Waals surface area contributed by atoms with Crippen LogP contribution < -0.4 is 0 Å². The summed E-state index contributed by atoms with van der Waals surface area (Å²) in [4.78, 5) is 11.7. The van der Waals surface area contributed by atoms with Crippen molar-refractivity contribution >= 4 is 35.0 Å². The topological polar surface area (TPSA) is 41.6 Å². The second-order valence-electron chi connectivity index (χ2n) is 3.87. The van der Waals surface area contributed by atoms with E-state index in [9.17, 15) is 0 Å². The molecule has 0 atom stereocenters. The second kappa shape index (κ2) is 4.96. The molecule has 0 unspecified atom stereocenters. The first-order chi connectivity index (χ1) is 8.24. The Morgan fingerprint density at radius 3 is 2.56 bits per heavy atom. The molecule has 3 nitrogen and oxygen atoms in total. The Morgan fingerprint density at radius 1 is 1.11 bits per heavy atom. The molecule has 2 heterocycles. The van der Waals surface area contributed by atoms with Gasteiger partial charge in [-0.2, -0.15) is 0 Å². The van der Waals surface area contributed by atoms with Gasteiger partial charge in [0.25, 0.3) is 0 Å². The number of aryl methyl sites for hydroxylation is 1. The number of nitrogens with one attached hydrogen (secondary N) is 1. The second-order valence-corrected chi connectivity index (χ2v) is 4.23. The fourth-order valence-corrected chi connectivity index (χ4v) is 2.13. The van der Waals surface area contributed by atoms with Gasteiger partial charge in [-0.1, -0.05) is 41.9 Å². The number of aromatic nitrogens is 3. The molecule has 0 aliphatic heterocycles. The van der Waals surface area contributed by atoms with E-state index in [1.54, 1.807) is 0 Å². The summed E-state index contributed by atoms with van der Waals surface area (Å²) < 4.78 is 0. The monoisotopic (exact) mass is 279 g/mol. The minimum atomic E-state index is 0. The van der Waals surface area contributed by atoms with Crippen molar-refractivity contribution in [2.45, 2.75) is 6.92 Å². The van der Waals surface area contributed by atoms with Crippen LogP contribution in [0.25, 0.3) is 22.3 Å². The lowest BCUT2D eigenvalue weighted by Crippen LogP contribution is -1.87. The standard InChI is InChI=1S/C13H10ClN3.ClH/c1-8-15-11-7-10(9-5-3-2-4-6-9)17-12(11)13(14)16-8;/h2-7,17H,1H3;1H. The number of nitrogens with zero attached hydrogens (tertiary/aromatic N) is 2. The molecule has 3 aromatic rings. The van der Waals surface area contributed by atoms with Crippen molar-refractivity contribution < 1.29 is 0 Å². The summed E-state index contributed by atoms with van der Waals surface area (Å²) in [6.07, 6.45) is 0. The number of rotatable bonds is 1. The summed E-state index contributed by atoms with van der Waals surface area (Å²) in [6, 6.07) is 12.1. The number of fused-ring (bicyclic) bond motifs is 1. The fourth-order valence-electron chi connectivity index (χ4n) is 1.86. The number of benzene rings is 1. The van der Waals surface area contributed by atoms with Crippen LogP contribution in [0.15, 0.2) is 36.4 Å². The average Bonchev–Trinajstić information content (AvgIpc) is 2.74. The Balaban J connectivity index is 0.00000120. The van der Waals surface area contributed by atoms with Crippen LogP contribution in [0.2, 0.25) is 5.15 Å². The Hall–Kier alpha value is -1.58. The number of aromatic amines is 1. The molecule has 0 radical (unpaired) electrons. The average molecular weight is 280 g/mol. The third kappa shape index (κ3) is 2.19. The molecule has 1 aromatic carbocycles. The van der Waals surface area contributed by atoms with E-state index in [0.29, 0.717) is 11.0 Å². The molecule has 0 amide bonds. The summed E-state index contributed by atoms with van der Waals surface area (Å²) in [7, 11) is 0. The maximum atomic E-state index is 6.08. The van der Waals surface area contributed by atoms with Gasteiger partial charge < -0.3 is 4.98 Å². The number of hydrogen-bond acceptors (Lipinski definition) is 2. The van der Waals surface area contributed by atoms with Gasteiger partial charge >= 0.3 is 0 Å². The Kier molecular flexibility index (Phi) is 3.55. The van der Waals surface area contributed by atoms with Gasteiger partial charge in [0.05, 0.1) is 5.52 Å². The molecule has 1 N–H and O–H groups in total. The van der Waals surface area contributed by atoms with E-state index >= 15 is 0 Å². The van der Waals surface area contributed by atoms with Gasteiger partial charge in [-0.15, -0.1) is 12.4 Å². The first kappa shape index (κ1) is 12.9. The maximum absolute atomic E-state index is 6.08. The number of hydrogen-bond donors (Lipinski definition) is 1. The van der Waals surface area contributed by atoms with Crippen molar-refractivity contribution in [3.63, 3.8) is 0 Å². The van der Waals surface area contributed by atoms with E-state index in [2.05, 4.69) is 15.0 Å². The van der Waals surface area contributed by atoms with Crippen molar-refractivity contribution in [3.8, 4) is 11.3 Å². The van der Waals surface area contributed by atoms with Crippen LogP contribution in [0.1, 0.15) is 5.82 Å². The molecule has 0 saturated heterocycles. The van der Waals surface area contributed by atoms with Gasteiger partial charge in [0.1, 0.15) is 11.3 Å². The minimum absolute atomic E-state index is 0. The van der Waals surface area contributed by atoms with Crippen LogP contribution in [0.4, 0.5) is 0 Å². The minimum Gasteiger partial charge on any atom is -0.351 e. The van der Waals surface area contributed by atoms with Gasteiger partial charge in [-0.05, 0) is 18.6 Å². The van der Waals surface area contributed by atoms with E-state index in [1.807, 2.05) is 43.3 Å². The normalized spacial score (nSPS) is 10.3. The van der Waals surface area contributed by atoms with Crippen LogP contribution in [0, 0.1) is 6.92 Å². The Labute approximate surface area is 116 Å². The van der Waals surface area contributed by atoms with Crippen LogP contribution in [-0.4, -0.2) is 15.0 Å². The SMILES string of the molecule is Cc1nc(Cl)c2[nH]c(-c3ccccc3)cc2n1.Cl. The third-order valence-corrected chi connectivity index (χ3v) is 2.90. The molecule has 18 heavy (non-hydrogen) atoms. The van der Waals surface area contributed by atoms with Crippen molar-refractivity contribution in [3.05, 3.63) is 47.4 Å². The zero-order valence-corrected chi connectivity index (χ0v) is 11.2. The number of halogens is 2. The summed E-state index contributed by atoms with van der Waals surface area (Å²) in [5.74, 6) is 0.682. The lowest BCUT2D eigenvalue weighted by Gasteiger charge is -1.95. The fraction of sp³-hybridized carbons (Fsp3) is 0.0769. The number of H-pyrrole nitrogens is 1. The molecule has 2 aromatic heterocycles. The molecular weight excluding hydrogens is 269 g/mol. The molecule has 0 spiro atoms. The van der Waals surface area contributed by atoms with E-state index < -0.39 is 0 Å². The van der Waals surface area contributed by atoms with Crippen molar-refractivity contribution in [1.82, 2.24) is 15.0 Å². The zero-order chi connectivity index (χ0) is 11.8. The lowest BCUT2D eigenvalue weighted by molar-refractivity contribution is 1.09. The molecule has 0 bridgehead atoms. The van der Waals surface area contributed by atoms with E-state index in [4.69, 9.17) is 11.6 Å². The van der Waals surface area contributed by atoms with E-state index in [-0.39, 0.29) is 12.4 Å². The van der Waals surface area contributed by atoms with Crippen molar-refractivity contribution in [1.29, 1.82) is 0 Å².